The second kappa shape index (κ2) is 5.57. The Morgan fingerprint density at radius 1 is 0.654 bits per heavy atom. The van der Waals surface area contributed by atoms with E-state index in [-0.39, 0.29) is 5.91 Å². The van der Waals surface area contributed by atoms with Crippen LogP contribution >= 0.6 is 0 Å². The monoisotopic (exact) mass is 335 g/mol. The summed E-state index contributed by atoms with van der Waals surface area (Å²) in [5.74, 6) is 0.00577. The average Bonchev–Trinajstić information content (AvgIpc) is 2.68. The third kappa shape index (κ3) is 2.09. The molecule has 0 radical (unpaired) electrons. The summed E-state index contributed by atoms with van der Waals surface area (Å²) in [5, 5.41) is 7.25. The number of para-hydroxylation sites is 1. The third-order valence-corrected chi connectivity index (χ3v) is 5.08. The minimum absolute atomic E-state index is 0.00577. The van der Waals surface area contributed by atoms with Gasteiger partial charge in [-0.15, -0.1) is 0 Å². The van der Waals surface area contributed by atoms with Crippen LogP contribution in [-0.2, 0) is 4.79 Å². The first-order valence-electron chi connectivity index (χ1n) is 8.76. The number of amides is 1. The minimum atomic E-state index is 0.00577. The van der Waals surface area contributed by atoms with Gasteiger partial charge in [-0.1, -0.05) is 66.7 Å². The van der Waals surface area contributed by atoms with E-state index in [0.29, 0.717) is 0 Å². The van der Waals surface area contributed by atoms with Crippen LogP contribution in [0.3, 0.4) is 0 Å². The largest absolute Gasteiger partial charge is 0.281 e. The molecule has 5 aromatic carbocycles. The number of benzene rings is 5. The van der Waals surface area contributed by atoms with Crippen LogP contribution < -0.4 is 4.90 Å². The van der Waals surface area contributed by atoms with Gasteiger partial charge >= 0.3 is 0 Å². The van der Waals surface area contributed by atoms with Crippen LogP contribution in [0.4, 0.5) is 11.4 Å². The molecule has 0 aliphatic carbocycles. The molecule has 0 saturated carbocycles. The van der Waals surface area contributed by atoms with Gasteiger partial charge in [0.2, 0.25) is 5.91 Å². The zero-order chi connectivity index (χ0) is 17.7. The summed E-state index contributed by atoms with van der Waals surface area (Å²) >= 11 is 0. The first-order chi connectivity index (χ1) is 12.7. The Morgan fingerprint density at radius 2 is 1.27 bits per heavy atom. The molecule has 2 heteroatoms. The Balaban J connectivity index is 1.90. The van der Waals surface area contributed by atoms with E-state index in [1.54, 1.807) is 11.8 Å². The molecule has 0 unspecified atom stereocenters. The van der Waals surface area contributed by atoms with Crippen molar-refractivity contribution in [1.29, 1.82) is 0 Å². The molecule has 0 N–H and O–H groups in total. The van der Waals surface area contributed by atoms with E-state index in [2.05, 4.69) is 54.6 Å². The first kappa shape index (κ1) is 14.9. The molecule has 5 aromatic rings. The maximum Gasteiger partial charge on any atom is 0.228 e. The molecular formula is C24H17NO. The van der Waals surface area contributed by atoms with Gasteiger partial charge in [-0.3, -0.25) is 9.69 Å². The first-order valence-corrected chi connectivity index (χ1v) is 8.76. The zero-order valence-electron chi connectivity index (χ0n) is 14.4. The zero-order valence-corrected chi connectivity index (χ0v) is 14.4. The topological polar surface area (TPSA) is 20.3 Å². The lowest BCUT2D eigenvalue weighted by atomic mass is 9.93. The van der Waals surface area contributed by atoms with Crippen LogP contribution in [0.15, 0.2) is 84.9 Å². The molecule has 124 valence electrons. The van der Waals surface area contributed by atoms with Crippen molar-refractivity contribution >= 4 is 49.6 Å². The molecule has 0 fully saturated rings. The number of rotatable bonds is 2. The van der Waals surface area contributed by atoms with Crippen molar-refractivity contribution in [1.82, 2.24) is 0 Å². The van der Waals surface area contributed by atoms with Crippen LogP contribution in [0.5, 0.6) is 0 Å². The second-order valence-corrected chi connectivity index (χ2v) is 6.63. The number of anilines is 2. The lowest BCUT2D eigenvalue weighted by molar-refractivity contribution is -0.115. The fourth-order valence-corrected chi connectivity index (χ4v) is 3.98. The van der Waals surface area contributed by atoms with Gasteiger partial charge in [-0.05, 0) is 45.1 Å². The highest BCUT2D eigenvalue weighted by Crippen LogP contribution is 2.40. The number of carbonyl (C=O) groups excluding carboxylic acids is 1. The summed E-state index contributed by atoms with van der Waals surface area (Å²) in [4.78, 5) is 14.3. The SMILES string of the molecule is CC(=O)N(c1ccccc1)c1ccc2ccc3cccc4ccc1c2c34. The van der Waals surface area contributed by atoms with Crippen molar-refractivity contribution in [2.45, 2.75) is 6.92 Å². The van der Waals surface area contributed by atoms with Gasteiger partial charge < -0.3 is 0 Å². The van der Waals surface area contributed by atoms with Crippen LogP contribution in [-0.4, -0.2) is 5.91 Å². The van der Waals surface area contributed by atoms with Gasteiger partial charge in [0.05, 0.1) is 5.69 Å². The van der Waals surface area contributed by atoms with Crippen molar-refractivity contribution in [2.24, 2.45) is 0 Å². The third-order valence-electron chi connectivity index (χ3n) is 5.08. The van der Waals surface area contributed by atoms with E-state index < -0.39 is 0 Å². The van der Waals surface area contributed by atoms with Crippen molar-refractivity contribution in [3.8, 4) is 0 Å². The van der Waals surface area contributed by atoms with E-state index in [1.807, 2.05) is 30.3 Å². The fraction of sp³-hybridized carbons (Fsp3) is 0.0417. The number of nitrogens with zero attached hydrogens (tertiary/aromatic N) is 1. The fourth-order valence-electron chi connectivity index (χ4n) is 3.98. The predicted octanol–water partition coefficient (Wildman–Crippen LogP) is 6.27. The van der Waals surface area contributed by atoms with Crippen LogP contribution in [0.1, 0.15) is 6.92 Å². The Bertz CT molecular complexity index is 1240. The van der Waals surface area contributed by atoms with E-state index in [9.17, 15) is 4.79 Å². The summed E-state index contributed by atoms with van der Waals surface area (Å²) in [6, 6.07) is 29.0. The Labute approximate surface area is 151 Å². The van der Waals surface area contributed by atoms with Crippen molar-refractivity contribution in [3.05, 3.63) is 84.9 Å². The lowest BCUT2D eigenvalue weighted by Gasteiger charge is -2.24. The molecule has 0 aliphatic heterocycles. The van der Waals surface area contributed by atoms with Gasteiger partial charge in [0.25, 0.3) is 0 Å². The highest BCUT2D eigenvalue weighted by Gasteiger charge is 2.18. The second-order valence-electron chi connectivity index (χ2n) is 6.63. The van der Waals surface area contributed by atoms with Gasteiger partial charge in [0, 0.05) is 18.0 Å². The Morgan fingerprint density at radius 3 is 1.96 bits per heavy atom. The molecular weight excluding hydrogens is 318 g/mol. The van der Waals surface area contributed by atoms with E-state index in [4.69, 9.17) is 0 Å². The Hall–Kier alpha value is -3.39. The molecule has 26 heavy (non-hydrogen) atoms. The molecule has 0 aromatic heterocycles. The minimum Gasteiger partial charge on any atom is -0.281 e. The predicted molar refractivity (Wildman–Crippen MR) is 109 cm³/mol. The highest BCUT2D eigenvalue weighted by atomic mass is 16.2. The summed E-state index contributed by atoms with van der Waals surface area (Å²) in [6.07, 6.45) is 0. The number of hydrogen-bond donors (Lipinski definition) is 0. The summed E-state index contributed by atoms with van der Waals surface area (Å²) < 4.78 is 0. The summed E-state index contributed by atoms with van der Waals surface area (Å²) in [5.41, 5.74) is 1.81. The highest BCUT2D eigenvalue weighted by molar-refractivity contribution is 6.26. The molecule has 0 bridgehead atoms. The molecule has 5 rings (SSSR count). The van der Waals surface area contributed by atoms with Gasteiger partial charge in [-0.25, -0.2) is 0 Å². The van der Waals surface area contributed by atoms with Gasteiger partial charge in [-0.2, -0.15) is 0 Å². The molecule has 1 amide bonds. The van der Waals surface area contributed by atoms with Crippen molar-refractivity contribution in [2.75, 3.05) is 4.90 Å². The van der Waals surface area contributed by atoms with E-state index in [1.165, 1.54) is 26.9 Å². The summed E-state index contributed by atoms with van der Waals surface area (Å²) in [6.45, 7) is 1.62. The molecule has 0 spiro atoms. The average molecular weight is 335 g/mol. The molecule has 0 heterocycles. The molecule has 0 aliphatic rings. The number of carbonyl (C=O) groups is 1. The standard InChI is InChI=1S/C24H17NO/c1-16(26)25(20-8-3-2-4-9-20)22-15-13-19-11-10-17-6-5-7-18-12-14-21(22)24(19)23(17)18/h2-15H,1H3. The van der Waals surface area contributed by atoms with Crippen LogP contribution in [0, 0.1) is 0 Å². The van der Waals surface area contributed by atoms with Gasteiger partial charge in [0.15, 0.2) is 0 Å². The van der Waals surface area contributed by atoms with E-state index in [0.717, 1.165) is 16.8 Å². The molecule has 0 atom stereocenters. The van der Waals surface area contributed by atoms with Crippen LogP contribution in [0.2, 0.25) is 0 Å². The van der Waals surface area contributed by atoms with E-state index >= 15 is 0 Å². The molecule has 0 saturated heterocycles. The number of hydrogen-bond acceptors (Lipinski definition) is 1. The quantitative estimate of drug-likeness (QED) is 0.348. The van der Waals surface area contributed by atoms with Crippen LogP contribution in [0.25, 0.3) is 32.3 Å². The summed E-state index contributed by atoms with van der Waals surface area (Å²) in [7, 11) is 0. The maximum atomic E-state index is 12.5. The van der Waals surface area contributed by atoms with Crippen molar-refractivity contribution in [3.63, 3.8) is 0 Å². The lowest BCUT2D eigenvalue weighted by Crippen LogP contribution is -2.22. The Kier molecular flexibility index (Phi) is 3.19. The van der Waals surface area contributed by atoms with Gasteiger partial charge in [0.1, 0.15) is 0 Å². The maximum absolute atomic E-state index is 12.5. The molecule has 2 nitrogen and oxygen atoms in total. The normalized spacial score (nSPS) is 11.4. The van der Waals surface area contributed by atoms with Crippen molar-refractivity contribution < 1.29 is 4.79 Å². The smallest absolute Gasteiger partial charge is 0.228 e.